The molecule has 0 radical (unpaired) electrons. The lowest BCUT2D eigenvalue weighted by Crippen LogP contribution is -2.38. The summed E-state index contributed by atoms with van der Waals surface area (Å²) in [5.41, 5.74) is 1.23. The van der Waals surface area contributed by atoms with Crippen molar-refractivity contribution in [2.45, 2.75) is 40.7 Å². The van der Waals surface area contributed by atoms with E-state index < -0.39 is 11.2 Å². The minimum absolute atomic E-state index is 0.132. The Morgan fingerprint density at radius 2 is 1.78 bits per heavy atom. The third-order valence-electron chi connectivity index (χ3n) is 3.39. The van der Waals surface area contributed by atoms with Gasteiger partial charge in [0, 0.05) is 0 Å². The van der Waals surface area contributed by atoms with Gasteiger partial charge in [-0.15, -0.1) is 0 Å². The zero-order chi connectivity index (χ0) is 17.1. The van der Waals surface area contributed by atoms with Crippen LogP contribution < -0.4 is 16.0 Å². The quantitative estimate of drug-likeness (QED) is 0.916. The molecule has 0 fully saturated rings. The van der Waals surface area contributed by atoms with Crippen molar-refractivity contribution in [2.24, 2.45) is 0 Å². The van der Waals surface area contributed by atoms with Gasteiger partial charge in [-0.2, -0.15) is 0 Å². The average molecular weight is 316 g/mol. The van der Waals surface area contributed by atoms with Gasteiger partial charge in [0.1, 0.15) is 11.5 Å². The lowest BCUT2D eigenvalue weighted by molar-refractivity contribution is -0.117. The topological polar surface area (TPSA) is 81.2 Å². The van der Waals surface area contributed by atoms with Crippen LogP contribution in [0.2, 0.25) is 0 Å². The molecule has 0 spiro atoms. The molecule has 0 atom stereocenters. The summed E-state index contributed by atoms with van der Waals surface area (Å²) in [7, 11) is 0. The highest BCUT2D eigenvalue weighted by molar-refractivity contribution is 5.75. The molecule has 6 heteroatoms. The normalized spacial score (nSPS) is 10.6. The molecule has 1 heterocycles. The van der Waals surface area contributed by atoms with E-state index in [1.54, 1.807) is 6.92 Å². The maximum absolute atomic E-state index is 12.4. The van der Waals surface area contributed by atoms with Crippen LogP contribution in [-0.4, -0.2) is 15.3 Å². The predicted octanol–water partition coefficient (Wildman–Crippen LogP) is 2.10. The fourth-order valence-electron chi connectivity index (χ4n) is 2.47. The lowest BCUT2D eigenvalue weighted by Gasteiger charge is -2.12. The SMILES string of the molecule is CCc1c(Oc2cc(C)cc(C)c2)[nH]c(=O)n(CC(C)=O)c1=O. The van der Waals surface area contributed by atoms with E-state index >= 15 is 0 Å². The van der Waals surface area contributed by atoms with E-state index in [-0.39, 0.29) is 18.2 Å². The molecule has 122 valence electrons. The zero-order valence-electron chi connectivity index (χ0n) is 13.7. The number of aromatic amines is 1. The zero-order valence-corrected chi connectivity index (χ0v) is 13.7. The molecule has 2 rings (SSSR count). The number of carbonyl (C=O) groups is 1. The minimum Gasteiger partial charge on any atom is -0.440 e. The summed E-state index contributed by atoms with van der Waals surface area (Å²) in [5.74, 6) is 0.423. The molecule has 1 N–H and O–H groups in total. The van der Waals surface area contributed by atoms with E-state index in [0.717, 1.165) is 15.7 Å². The highest BCUT2D eigenvalue weighted by Crippen LogP contribution is 2.23. The standard InChI is InChI=1S/C17H20N2O4/c1-5-14-15(23-13-7-10(2)6-11(3)8-13)18-17(22)19(16(14)21)9-12(4)20/h6-8H,5,9H2,1-4H3,(H,18,22). The van der Waals surface area contributed by atoms with E-state index in [1.807, 2.05) is 32.0 Å². The van der Waals surface area contributed by atoms with Gasteiger partial charge in [0.15, 0.2) is 0 Å². The Morgan fingerprint density at radius 3 is 2.30 bits per heavy atom. The van der Waals surface area contributed by atoms with Gasteiger partial charge < -0.3 is 4.74 Å². The molecule has 0 saturated heterocycles. The molecule has 0 aliphatic carbocycles. The Bertz CT molecular complexity index is 842. The number of aryl methyl sites for hydroxylation is 2. The molecule has 1 aromatic carbocycles. The van der Waals surface area contributed by atoms with Gasteiger partial charge >= 0.3 is 5.69 Å². The Hall–Kier alpha value is -2.63. The fourth-order valence-corrected chi connectivity index (χ4v) is 2.47. The summed E-state index contributed by atoms with van der Waals surface area (Å²) in [6.07, 6.45) is 0.383. The molecule has 6 nitrogen and oxygen atoms in total. The summed E-state index contributed by atoms with van der Waals surface area (Å²) in [4.78, 5) is 38.3. The number of benzene rings is 1. The van der Waals surface area contributed by atoms with Crippen LogP contribution in [0.3, 0.4) is 0 Å². The number of Topliss-reactive ketones (excluding diaryl/α,β-unsaturated/α-hetero) is 1. The molecule has 0 amide bonds. The number of ether oxygens (including phenoxy) is 1. The third-order valence-corrected chi connectivity index (χ3v) is 3.39. The first-order chi connectivity index (χ1) is 10.8. The summed E-state index contributed by atoms with van der Waals surface area (Å²) < 4.78 is 6.63. The summed E-state index contributed by atoms with van der Waals surface area (Å²) in [6, 6.07) is 5.65. The van der Waals surface area contributed by atoms with E-state index in [4.69, 9.17) is 4.74 Å². The summed E-state index contributed by atoms with van der Waals surface area (Å²) in [5, 5.41) is 0. The Balaban J connectivity index is 2.53. The van der Waals surface area contributed by atoms with E-state index in [2.05, 4.69) is 4.98 Å². The monoisotopic (exact) mass is 316 g/mol. The molecule has 2 aromatic rings. The van der Waals surface area contributed by atoms with Gasteiger partial charge in [-0.05, 0) is 50.5 Å². The Morgan fingerprint density at radius 1 is 1.17 bits per heavy atom. The number of aromatic nitrogens is 2. The molecular weight excluding hydrogens is 296 g/mol. The first-order valence-electron chi connectivity index (χ1n) is 7.43. The second-order valence-electron chi connectivity index (χ2n) is 5.61. The largest absolute Gasteiger partial charge is 0.440 e. The van der Waals surface area contributed by atoms with Gasteiger partial charge in [0.25, 0.3) is 5.56 Å². The van der Waals surface area contributed by atoms with Crippen molar-refractivity contribution in [3.8, 4) is 11.6 Å². The fraction of sp³-hybridized carbons (Fsp3) is 0.353. The first kappa shape index (κ1) is 16.7. The number of nitrogens with zero attached hydrogens (tertiary/aromatic N) is 1. The summed E-state index contributed by atoms with van der Waals surface area (Å²) in [6.45, 7) is 6.76. The number of hydrogen-bond donors (Lipinski definition) is 1. The number of ketones is 1. The van der Waals surface area contributed by atoms with Crippen LogP contribution in [0.25, 0.3) is 0 Å². The van der Waals surface area contributed by atoms with Gasteiger partial charge in [-0.1, -0.05) is 13.0 Å². The van der Waals surface area contributed by atoms with E-state index in [9.17, 15) is 14.4 Å². The molecule has 0 saturated carbocycles. The number of hydrogen-bond acceptors (Lipinski definition) is 4. The maximum Gasteiger partial charge on any atom is 0.331 e. The second kappa shape index (κ2) is 6.64. The smallest absolute Gasteiger partial charge is 0.331 e. The van der Waals surface area contributed by atoms with Crippen molar-refractivity contribution in [3.63, 3.8) is 0 Å². The van der Waals surface area contributed by atoms with E-state index in [1.165, 1.54) is 6.92 Å². The van der Waals surface area contributed by atoms with Crippen molar-refractivity contribution < 1.29 is 9.53 Å². The molecule has 1 aromatic heterocycles. The molecule has 0 bridgehead atoms. The van der Waals surface area contributed by atoms with Crippen LogP contribution in [0.1, 0.15) is 30.5 Å². The third kappa shape index (κ3) is 3.77. The van der Waals surface area contributed by atoms with Gasteiger partial charge in [-0.25, -0.2) is 4.79 Å². The summed E-state index contributed by atoms with van der Waals surface area (Å²) >= 11 is 0. The van der Waals surface area contributed by atoms with Crippen molar-refractivity contribution >= 4 is 5.78 Å². The van der Waals surface area contributed by atoms with Crippen molar-refractivity contribution in [1.82, 2.24) is 9.55 Å². The van der Waals surface area contributed by atoms with Crippen LogP contribution in [0.4, 0.5) is 0 Å². The van der Waals surface area contributed by atoms with Gasteiger partial charge in [0.05, 0.1) is 12.1 Å². The van der Waals surface area contributed by atoms with Crippen LogP contribution >= 0.6 is 0 Å². The van der Waals surface area contributed by atoms with Gasteiger partial charge in [-0.3, -0.25) is 19.1 Å². The number of H-pyrrole nitrogens is 1. The van der Waals surface area contributed by atoms with Crippen LogP contribution in [0.5, 0.6) is 11.6 Å². The molecular formula is C17H20N2O4. The molecule has 0 unspecified atom stereocenters. The van der Waals surface area contributed by atoms with Crippen LogP contribution in [-0.2, 0) is 17.8 Å². The Kier molecular flexibility index (Phi) is 4.83. The van der Waals surface area contributed by atoms with Crippen LogP contribution in [0.15, 0.2) is 27.8 Å². The number of nitrogens with one attached hydrogen (secondary N) is 1. The van der Waals surface area contributed by atoms with Gasteiger partial charge in [0.2, 0.25) is 5.88 Å². The van der Waals surface area contributed by atoms with E-state index in [0.29, 0.717) is 17.7 Å². The average Bonchev–Trinajstić information content (AvgIpc) is 2.42. The highest BCUT2D eigenvalue weighted by Gasteiger charge is 2.15. The van der Waals surface area contributed by atoms with Crippen molar-refractivity contribution in [2.75, 3.05) is 0 Å². The van der Waals surface area contributed by atoms with Crippen LogP contribution in [0, 0.1) is 13.8 Å². The maximum atomic E-state index is 12.4. The number of carbonyl (C=O) groups excluding carboxylic acids is 1. The predicted molar refractivity (Wildman–Crippen MR) is 87.4 cm³/mol. The van der Waals surface area contributed by atoms with Crippen molar-refractivity contribution in [3.05, 3.63) is 55.7 Å². The lowest BCUT2D eigenvalue weighted by atomic mass is 10.1. The molecule has 23 heavy (non-hydrogen) atoms. The second-order valence-corrected chi connectivity index (χ2v) is 5.61. The molecule has 0 aliphatic rings. The first-order valence-corrected chi connectivity index (χ1v) is 7.43. The van der Waals surface area contributed by atoms with Crippen molar-refractivity contribution in [1.29, 1.82) is 0 Å². The number of rotatable bonds is 5. The minimum atomic E-state index is -0.651. The highest BCUT2D eigenvalue weighted by atomic mass is 16.5. The molecule has 0 aliphatic heterocycles. The Labute approximate surface area is 133 Å².